The van der Waals surface area contributed by atoms with E-state index in [1.165, 1.54) is 33.0 Å². The van der Waals surface area contributed by atoms with Crippen LogP contribution in [0.15, 0.2) is 156 Å². The molecule has 12 rings (SSSR count). The Kier molecular flexibility index (Phi) is 8.41. The molecule has 294 valence electrons. The third-order valence-corrected chi connectivity index (χ3v) is 13.6. The van der Waals surface area contributed by atoms with Crippen molar-refractivity contribution in [2.75, 3.05) is 0 Å². The van der Waals surface area contributed by atoms with Gasteiger partial charge in [-0.15, -0.1) is 5.46 Å². The molecular formula is C52H35B5N6O. The fourth-order valence-electron chi connectivity index (χ4n) is 10.0. The van der Waals surface area contributed by atoms with E-state index in [9.17, 15) is 5.26 Å². The van der Waals surface area contributed by atoms with Crippen LogP contribution in [0.5, 0.6) is 0 Å². The first-order valence-corrected chi connectivity index (χ1v) is 21.6. The standard InChI is InChI=1S/C52H35B5N6O/c53-42-43(54)45(56)48(46(57)44(42)55)63-38-19-8-5-15-34(38)41-39(63)24-22-32-30-13-4-7-18-37(30)62(47(32)41)36-23-21-28(25-29(36)26-58)51-59-50(27-11-2-1-3-12-27)60-52(61-51)35-17-10-16-33-31-14-6-9-20-40(31)64-49(33)35/h1-25H,53-57H2. The van der Waals surface area contributed by atoms with E-state index in [0.29, 0.717) is 34.2 Å². The number of fused-ring (bicyclic) bond motifs is 10. The van der Waals surface area contributed by atoms with Crippen molar-refractivity contribution < 1.29 is 4.42 Å². The van der Waals surface area contributed by atoms with Crippen LogP contribution in [0.2, 0.25) is 0 Å². The third-order valence-electron chi connectivity index (χ3n) is 13.6. The van der Waals surface area contributed by atoms with Crippen molar-refractivity contribution >= 4 is 132 Å². The average Bonchev–Trinajstić information content (AvgIpc) is 4.01. The summed E-state index contributed by atoms with van der Waals surface area (Å²) in [5.41, 5.74) is 17.2. The fraction of sp³-hybridized carbons (Fsp3) is 0. The minimum absolute atomic E-state index is 0.460. The zero-order chi connectivity index (χ0) is 43.4. The van der Waals surface area contributed by atoms with Crippen LogP contribution in [-0.2, 0) is 0 Å². The minimum Gasteiger partial charge on any atom is -0.455 e. The molecule has 0 radical (unpaired) electrons. The summed E-state index contributed by atoms with van der Waals surface area (Å²) in [6, 6.07) is 54.4. The number of benzene rings is 8. The number of furan rings is 1. The van der Waals surface area contributed by atoms with Crippen molar-refractivity contribution in [2.45, 2.75) is 0 Å². The van der Waals surface area contributed by atoms with Crippen LogP contribution in [-0.4, -0.2) is 63.3 Å². The lowest BCUT2D eigenvalue weighted by atomic mass is 9.61. The van der Waals surface area contributed by atoms with Crippen molar-refractivity contribution in [3.05, 3.63) is 157 Å². The van der Waals surface area contributed by atoms with Gasteiger partial charge in [0.25, 0.3) is 0 Å². The highest BCUT2D eigenvalue weighted by atomic mass is 16.3. The van der Waals surface area contributed by atoms with E-state index >= 15 is 0 Å². The molecule has 7 nitrogen and oxygen atoms in total. The highest BCUT2D eigenvalue weighted by molar-refractivity contribution is 6.68. The number of nitriles is 1. The normalized spacial score (nSPS) is 11.7. The summed E-state index contributed by atoms with van der Waals surface area (Å²) >= 11 is 0. The van der Waals surface area contributed by atoms with Gasteiger partial charge in [0.1, 0.15) is 56.5 Å². The molecule has 4 aromatic heterocycles. The number of hydrogen-bond donors (Lipinski definition) is 0. The Labute approximate surface area is 373 Å². The Hall–Kier alpha value is -8.02. The summed E-state index contributed by atoms with van der Waals surface area (Å²) in [6.07, 6.45) is 0. The quantitative estimate of drug-likeness (QED) is 0.245. The molecule has 0 saturated heterocycles. The maximum atomic E-state index is 11.1. The summed E-state index contributed by atoms with van der Waals surface area (Å²) in [6.45, 7) is 0. The molecule has 0 aliphatic heterocycles. The van der Waals surface area contributed by atoms with Gasteiger partial charge in [0, 0.05) is 49.1 Å². The molecule has 8 aromatic carbocycles. The number of para-hydroxylation sites is 4. The first-order valence-electron chi connectivity index (χ1n) is 21.6. The molecule has 0 fully saturated rings. The second-order valence-corrected chi connectivity index (χ2v) is 16.8. The van der Waals surface area contributed by atoms with Gasteiger partial charge >= 0.3 is 0 Å². The van der Waals surface area contributed by atoms with Crippen LogP contribution in [0.4, 0.5) is 0 Å². The van der Waals surface area contributed by atoms with Gasteiger partial charge in [-0.05, 0) is 48.5 Å². The van der Waals surface area contributed by atoms with E-state index in [1.54, 1.807) is 0 Å². The maximum Gasteiger partial charge on any atom is 0.167 e. The first kappa shape index (κ1) is 37.7. The molecule has 0 amide bonds. The van der Waals surface area contributed by atoms with Crippen molar-refractivity contribution in [1.29, 1.82) is 5.26 Å². The van der Waals surface area contributed by atoms with Gasteiger partial charge in [-0.2, -0.15) is 5.26 Å². The predicted octanol–water partition coefficient (Wildman–Crippen LogP) is 4.13. The van der Waals surface area contributed by atoms with E-state index in [1.807, 2.05) is 78.9 Å². The highest BCUT2D eigenvalue weighted by Gasteiger charge is 2.25. The summed E-state index contributed by atoms with van der Waals surface area (Å²) < 4.78 is 11.2. The first-order chi connectivity index (χ1) is 31.3. The van der Waals surface area contributed by atoms with Crippen molar-refractivity contribution in [2.24, 2.45) is 0 Å². The summed E-state index contributed by atoms with van der Waals surface area (Å²) in [5.74, 6) is 1.48. The molecule has 0 N–H and O–H groups in total. The van der Waals surface area contributed by atoms with E-state index in [-0.39, 0.29) is 0 Å². The minimum atomic E-state index is 0.460. The lowest BCUT2D eigenvalue weighted by Gasteiger charge is -2.22. The van der Waals surface area contributed by atoms with E-state index in [2.05, 4.69) is 127 Å². The Bertz CT molecular complexity index is 3970. The zero-order valence-electron chi connectivity index (χ0n) is 36.0. The number of hydrogen-bond acceptors (Lipinski definition) is 5. The zero-order valence-corrected chi connectivity index (χ0v) is 36.0. The topological polar surface area (TPSA) is 85.5 Å². The average molecular weight is 814 g/mol. The van der Waals surface area contributed by atoms with Gasteiger partial charge in [0.05, 0.1) is 38.9 Å². The molecule has 0 saturated carbocycles. The largest absolute Gasteiger partial charge is 0.455 e. The summed E-state index contributed by atoms with van der Waals surface area (Å²) in [7, 11) is 11.2. The molecule has 64 heavy (non-hydrogen) atoms. The smallest absolute Gasteiger partial charge is 0.167 e. The van der Waals surface area contributed by atoms with Gasteiger partial charge < -0.3 is 13.6 Å². The number of nitrogens with zero attached hydrogens (tertiary/aromatic N) is 6. The maximum absolute atomic E-state index is 11.1. The second kappa shape index (κ2) is 14.3. The fourth-order valence-corrected chi connectivity index (χ4v) is 10.0. The van der Waals surface area contributed by atoms with Crippen LogP contribution >= 0.6 is 0 Å². The molecule has 0 unspecified atom stereocenters. The van der Waals surface area contributed by atoms with Gasteiger partial charge in [0.2, 0.25) is 0 Å². The van der Waals surface area contributed by atoms with Crippen LogP contribution in [0.25, 0.3) is 111 Å². The van der Waals surface area contributed by atoms with Gasteiger partial charge in [0.15, 0.2) is 17.5 Å². The number of rotatable bonds is 5. The molecule has 4 heterocycles. The van der Waals surface area contributed by atoms with Crippen LogP contribution in [0, 0.1) is 11.3 Å². The SMILES string of the molecule is Bc1c(B)c(B)c(-n2c3ccccc3c3c2ccc2c4ccccc4n(-c4ccc(-c5nc(-c6ccccc6)nc(-c6cccc7c6oc6ccccc67)n5)cc4C#N)c23)c(B)c1B. The summed E-state index contributed by atoms with van der Waals surface area (Å²) in [5, 5.41) is 17.7. The lowest BCUT2D eigenvalue weighted by Crippen LogP contribution is -2.56. The molecule has 0 spiro atoms. The molecular weight excluding hydrogens is 779 g/mol. The molecule has 0 bridgehead atoms. The van der Waals surface area contributed by atoms with Crippen molar-refractivity contribution in [3.63, 3.8) is 0 Å². The van der Waals surface area contributed by atoms with E-state index in [0.717, 1.165) is 76.8 Å². The number of aromatic nitrogens is 5. The third kappa shape index (κ3) is 5.44. The summed E-state index contributed by atoms with van der Waals surface area (Å²) in [4.78, 5) is 15.2. The van der Waals surface area contributed by atoms with Gasteiger partial charge in [-0.25, -0.2) is 15.0 Å². The second-order valence-electron chi connectivity index (χ2n) is 16.8. The molecule has 0 aliphatic rings. The Morgan fingerprint density at radius 2 is 1.08 bits per heavy atom. The Morgan fingerprint density at radius 3 is 1.83 bits per heavy atom. The van der Waals surface area contributed by atoms with Gasteiger partial charge in [-0.3, -0.25) is 0 Å². The molecule has 0 aliphatic carbocycles. The monoisotopic (exact) mass is 814 g/mol. The Balaban J connectivity index is 1.11. The van der Waals surface area contributed by atoms with Gasteiger partial charge in [-0.1, -0.05) is 125 Å². The predicted molar refractivity (Wildman–Crippen MR) is 278 cm³/mol. The van der Waals surface area contributed by atoms with E-state index < -0.39 is 0 Å². The van der Waals surface area contributed by atoms with Crippen LogP contribution in [0.1, 0.15) is 5.56 Å². The van der Waals surface area contributed by atoms with E-state index in [4.69, 9.17) is 19.4 Å². The van der Waals surface area contributed by atoms with Crippen molar-refractivity contribution in [3.8, 4) is 51.6 Å². The van der Waals surface area contributed by atoms with Crippen LogP contribution in [0.3, 0.4) is 0 Å². The van der Waals surface area contributed by atoms with Crippen LogP contribution < -0.4 is 27.3 Å². The molecule has 12 aromatic rings. The highest BCUT2D eigenvalue weighted by Crippen LogP contribution is 2.43. The molecule has 0 atom stereocenters. The van der Waals surface area contributed by atoms with Crippen molar-refractivity contribution in [1.82, 2.24) is 24.1 Å². The lowest BCUT2D eigenvalue weighted by molar-refractivity contribution is 0.669. The molecule has 12 heteroatoms. The Morgan fingerprint density at radius 1 is 0.469 bits per heavy atom.